The number of nitrogens with one attached hydrogen (secondary N) is 1. The van der Waals surface area contributed by atoms with Gasteiger partial charge in [-0.25, -0.2) is 0 Å². The van der Waals surface area contributed by atoms with Crippen LogP contribution in [-0.4, -0.2) is 33.9 Å². The first-order valence-electron chi connectivity index (χ1n) is 7.21. The second-order valence-corrected chi connectivity index (χ2v) is 5.54. The van der Waals surface area contributed by atoms with E-state index in [0.29, 0.717) is 35.8 Å². The van der Waals surface area contributed by atoms with Crippen LogP contribution < -0.4 is 5.32 Å². The Hall–Kier alpha value is -1.85. The number of nitrogens with zero attached hydrogens (tertiary/aromatic N) is 2. The number of hydrogen-bond donors (Lipinski definition) is 2. The second-order valence-electron chi connectivity index (χ2n) is 5.13. The Balaban J connectivity index is 2.20. The lowest BCUT2D eigenvalue weighted by molar-refractivity contribution is 0.0950. The molecule has 0 saturated carbocycles. The van der Waals surface area contributed by atoms with Crippen molar-refractivity contribution in [3.63, 3.8) is 0 Å². The Morgan fingerprint density at radius 1 is 1.36 bits per heavy atom. The molecule has 118 valence electrons. The molecule has 0 aliphatic heterocycles. The summed E-state index contributed by atoms with van der Waals surface area (Å²) >= 11 is 6.18. The number of amides is 1. The van der Waals surface area contributed by atoms with E-state index in [4.69, 9.17) is 16.7 Å². The first-order valence-corrected chi connectivity index (χ1v) is 7.59. The number of aryl methyl sites for hydroxylation is 1. The maximum absolute atomic E-state index is 12.2. The lowest BCUT2D eigenvalue weighted by atomic mass is 10.1. The van der Waals surface area contributed by atoms with Crippen molar-refractivity contribution in [2.24, 2.45) is 0 Å². The molecule has 5 nitrogen and oxygen atoms in total. The first-order chi connectivity index (χ1) is 10.5. The van der Waals surface area contributed by atoms with E-state index in [1.54, 1.807) is 4.68 Å². The summed E-state index contributed by atoms with van der Waals surface area (Å²) in [6, 6.07) is 7.59. The van der Waals surface area contributed by atoms with Crippen molar-refractivity contribution in [3.8, 4) is 0 Å². The van der Waals surface area contributed by atoms with Gasteiger partial charge in [0.1, 0.15) is 0 Å². The molecule has 1 aromatic carbocycles. The van der Waals surface area contributed by atoms with E-state index in [0.717, 1.165) is 11.3 Å². The van der Waals surface area contributed by atoms with Crippen molar-refractivity contribution >= 4 is 17.5 Å². The molecule has 0 radical (unpaired) electrons. The predicted molar refractivity (Wildman–Crippen MR) is 86.3 cm³/mol. The third-order valence-electron chi connectivity index (χ3n) is 3.51. The van der Waals surface area contributed by atoms with Gasteiger partial charge in [-0.3, -0.25) is 9.48 Å². The normalized spacial score (nSPS) is 10.7. The number of aliphatic hydroxyl groups excluding tert-OH is 1. The topological polar surface area (TPSA) is 67.2 Å². The highest BCUT2D eigenvalue weighted by Gasteiger charge is 2.18. The van der Waals surface area contributed by atoms with Gasteiger partial charge < -0.3 is 10.4 Å². The summed E-state index contributed by atoms with van der Waals surface area (Å²) in [5.74, 6) is -0.158. The molecule has 0 fully saturated rings. The standard InChI is InChI=1S/C16H20ClN3O2/c1-11-15(16(22)18-8-5-9-21)12(2)20(19-11)10-13-6-3-4-7-14(13)17/h3-4,6-7,21H,5,8-10H2,1-2H3,(H,18,22). The van der Waals surface area contributed by atoms with Gasteiger partial charge in [0.25, 0.3) is 5.91 Å². The molecule has 22 heavy (non-hydrogen) atoms. The Labute approximate surface area is 134 Å². The van der Waals surface area contributed by atoms with Crippen LogP contribution in [0.4, 0.5) is 0 Å². The fourth-order valence-corrected chi connectivity index (χ4v) is 2.53. The fourth-order valence-electron chi connectivity index (χ4n) is 2.34. The quantitative estimate of drug-likeness (QED) is 0.802. The van der Waals surface area contributed by atoms with Gasteiger partial charge in [0.15, 0.2) is 0 Å². The number of aliphatic hydroxyl groups is 1. The van der Waals surface area contributed by atoms with Gasteiger partial charge in [0.2, 0.25) is 0 Å². The minimum absolute atomic E-state index is 0.0595. The summed E-state index contributed by atoms with van der Waals surface area (Å²) in [5, 5.41) is 16.7. The zero-order valence-electron chi connectivity index (χ0n) is 12.8. The van der Waals surface area contributed by atoms with E-state index in [9.17, 15) is 4.79 Å². The van der Waals surface area contributed by atoms with E-state index in [2.05, 4.69) is 10.4 Å². The van der Waals surface area contributed by atoms with Crippen LogP contribution in [-0.2, 0) is 6.54 Å². The lowest BCUT2D eigenvalue weighted by Gasteiger charge is -2.08. The summed E-state index contributed by atoms with van der Waals surface area (Å²) < 4.78 is 1.79. The van der Waals surface area contributed by atoms with Crippen LogP contribution in [0.15, 0.2) is 24.3 Å². The van der Waals surface area contributed by atoms with Gasteiger partial charge in [-0.05, 0) is 31.9 Å². The van der Waals surface area contributed by atoms with Crippen molar-refractivity contribution in [3.05, 3.63) is 51.8 Å². The van der Waals surface area contributed by atoms with E-state index >= 15 is 0 Å². The van der Waals surface area contributed by atoms with Crippen molar-refractivity contribution in [1.82, 2.24) is 15.1 Å². The van der Waals surface area contributed by atoms with Crippen LogP contribution in [0.25, 0.3) is 0 Å². The summed E-state index contributed by atoms with van der Waals surface area (Å²) in [4.78, 5) is 12.2. The molecule has 0 bridgehead atoms. The van der Waals surface area contributed by atoms with E-state index < -0.39 is 0 Å². The van der Waals surface area contributed by atoms with Gasteiger partial charge in [-0.2, -0.15) is 5.10 Å². The summed E-state index contributed by atoms with van der Waals surface area (Å²) in [6.45, 7) is 4.72. The molecule has 6 heteroatoms. The molecule has 1 heterocycles. The molecule has 2 aromatic rings. The minimum Gasteiger partial charge on any atom is -0.396 e. The molecule has 0 aliphatic rings. The second kappa shape index (κ2) is 7.42. The summed E-state index contributed by atoms with van der Waals surface area (Å²) in [5.41, 5.74) is 3.04. The first kappa shape index (κ1) is 16.5. The Morgan fingerprint density at radius 2 is 2.09 bits per heavy atom. The Bertz CT molecular complexity index is 667. The summed E-state index contributed by atoms with van der Waals surface area (Å²) in [6.07, 6.45) is 0.539. The van der Waals surface area contributed by atoms with Crippen molar-refractivity contribution in [1.29, 1.82) is 0 Å². The number of aromatic nitrogens is 2. The number of hydrogen-bond acceptors (Lipinski definition) is 3. The van der Waals surface area contributed by atoms with E-state index in [1.807, 2.05) is 38.1 Å². The largest absolute Gasteiger partial charge is 0.396 e. The molecule has 0 spiro atoms. The van der Waals surface area contributed by atoms with Gasteiger partial charge in [-0.1, -0.05) is 29.8 Å². The highest BCUT2D eigenvalue weighted by atomic mass is 35.5. The van der Waals surface area contributed by atoms with Crippen molar-refractivity contribution < 1.29 is 9.90 Å². The van der Waals surface area contributed by atoms with Crippen molar-refractivity contribution in [2.45, 2.75) is 26.8 Å². The van der Waals surface area contributed by atoms with Crippen LogP contribution in [0.5, 0.6) is 0 Å². The van der Waals surface area contributed by atoms with E-state index in [-0.39, 0.29) is 12.5 Å². The number of carbonyl (C=O) groups excluding carboxylic acids is 1. The maximum atomic E-state index is 12.2. The zero-order valence-corrected chi connectivity index (χ0v) is 13.5. The number of rotatable bonds is 6. The minimum atomic E-state index is -0.158. The average Bonchev–Trinajstić information content (AvgIpc) is 2.76. The maximum Gasteiger partial charge on any atom is 0.255 e. The van der Waals surface area contributed by atoms with Gasteiger partial charge >= 0.3 is 0 Å². The van der Waals surface area contributed by atoms with Crippen molar-refractivity contribution in [2.75, 3.05) is 13.2 Å². The SMILES string of the molecule is Cc1nn(Cc2ccccc2Cl)c(C)c1C(=O)NCCCO. The van der Waals surface area contributed by atoms with Crippen LogP contribution >= 0.6 is 11.6 Å². The van der Waals surface area contributed by atoms with Crippen LogP contribution in [0.2, 0.25) is 5.02 Å². The Kier molecular flexibility index (Phi) is 5.57. The Morgan fingerprint density at radius 3 is 2.77 bits per heavy atom. The van der Waals surface area contributed by atoms with Gasteiger partial charge in [-0.15, -0.1) is 0 Å². The van der Waals surface area contributed by atoms with Gasteiger partial charge in [0.05, 0.1) is 17.8 Å². The van der Waals surface area contributed by atoms with E-state index in [1.165, 1.54) is 0 Å². The number of halogens is 1. The predicted octanol–water partition coefficient (Wildman–Crippen LogP) is 2.31. The highest BCUT2D eigenvalue weighted by molar-refractivity contribution is 6.31. The van der Waals surface area contributed by atoms with Crippen LogP contribution in [0.1, 0.15) is 33.7 Å². The number of carbonyl (C=O) groups is 1. The smallest absolute Gasteiger partial charge is 0.255 e. The highest BCUT2D eigenvalue weighted by Crippen LogP contribution is 2.19. The number of benzene rings is 1. The molecular weight excluding hydrogens is 302 g/mol. The third-order valence-corrected chi connectivity index (χ3v) is 3.88. The molecule has 0 aliphatic carbocycles. The monoisotopic (exact) mass is 321 g/mol. The van der Waals surface area contributed by atoms with Crippen LogP contribution in [0, 0.1) is 13.8 Å². The molecular formula is C16H20ClN3O2. The lowest BCUT2D eigenvalue weighted by Crippen LogP contribution is -2.26. The van der Waals surface area contributed by atoms with Crippen LogP contribution in [0.3, 0.4) is 0 Å². The van der Waals surface area contributed by atoms with Gasteiger partial charge in [0, 0.05) is 23.9 Å². The molecule has 1 amide bonds. The molecule has 0 unspecified atom stereocenters. The molecule has 1 aromatic heterocycles. The molecule has 0 atom stereocenters. The average molecular weight is 322 g/mol. The molecule has 0 saturated heterocycles. The fraction of sp³-hybridized carbons (Fsp3) is 0.375. The zero-order chi connectivity index (χ0) is 16.1. The molecule has 2 rings (SSSR count). The summed E-state index contributed by atoms with van der Waals surface area (Å²) in [7, 11) is 0. The third kappa shape index (κ3) is 3.67. The molecule has 2 N–H and O–H groups in total.